The van der Waals surface area contributed by atoms with Crippen molar-refractivity contribution in [3.05, 3.63) is 23.8 Å². The molecule has 0 heterocycles. The molecule has 0 atom stereocenters. The molecule has 0 saturated carbocycles. The van der Waals surface area contributed by atoms with Crippen LogP contribution in [0.5, 0.6) is 5.75 Å². The van der Waals surface area contributed by atoms with Crippen LogP contribution in [0.1, 0.15) is 0 Å². The number of benzene rings is 1. The van der Waals surface area contributed by atoms with Gasteiger partial charge in [0.25, 0.3) is 0 Å². The Hall–Kier alpha value is -1.30. The fourth-order valence-electron chi connectivity index (χ4n) is 0.982. The maximum atomic E-state index is 13.3. The summed E-state index contributed by atoms with van der Waals surface area (Å²) in [4.78, 5) is 11.2. The zero-order valence-corrected chi connectivity index (χ0v) is 9.57. The Balaban J connectivity index is 2.84. The SMILES string of the molecule is COC(=O)COc1c(F)cc(SC)cc1F. The minimum atomic E-state index is -0.840. The molecule has 6 heteroatoms. The first-order valence-corrected chi connectivity index (χ1v) is 5.53. The highest BCUT2D eigenvalue weighted by molar-refractivity contribution is 7.98. The Morgan fingerprint density at radius 1 is 1.38 bits per heavy atom. The van der Waals surface area contributed by atoms with Crippen molar-refractivity contribution in [2.24, 2.45) is 0 Å². The molecule has 0 unspecified atom stereocenters. The number of methoxy groups -OCH3 is 1. The fourth-order valence-corrected chi connectivity index (χ4v) is 1.43. The summed E-state index contributed by atoms with van der Waals surface area (Å²) < 4.78 is 35.6. The zero-order chi connectivity index (χ0) is 12.1. The van der Waals surface area contributed by atoms with Crippen molar-refractivity contribution in [1.29, 1.82) is 0 Å². The van der Waals surface area contributed by atoms with E-state index in [2.05, 4.69) is 9.47 Å². The second kappa shape index (κ2) is 5.69. The first-order valence-electron chi connectivity index (χ1n) is 4.31. The first-order chi connectivity index (χ1) is 7.58. The highest BCUT2D eigenvalue weighted by Crippen LogP contribution is 2.27. The van der Waals surface area contributed by atoms with E-state index in [1.54, 1.807) is 6.26 Å². The first kappa shape index (κ1) is 12.8. The van der Waals surface area contributed by atoms with Crippen LogP contribution >= 0.6 is 11.8 Å². The summed E-state index contributed by atoms with van der Waals surface area (Å²) in [6, 6.07) is 2.28. The standard InChI is InChI=1S/C10H10F2O3S/c1-14-9(13)5-15-10-7(11)3-6(16-2)4-8(10)12/h3-4H,5H2,1-2H3. The quantitative estimate of drug-likeness (QED) is 0.604. The lowest BCUT2D eigenvalue weighted by atomic mass is 10.3. The van der Waals surface area contributed by atoms with Gasteiger partial charge in [0, 0.05) is 4.90 Å². The number of ether oxygens (including phenoxy) is 2. The molecule has 0 amide bonds. The van der Waals surface area contributed by atoms with Crippen molar-refractivity contribution >= 4 is 17.7 Å². The molecule has 0 bridgehead atoms. The van der Waals surface area contributed by atoms with Gasteiger partial charge in [-0.15, -0.1) is 11.8 Å². The number of hydrogen-bond donors (Lipinski definition) is 0. The Bertz CT molecular complexity index is 373. The molecule has 0 aliphatic carbocycles. The molecule has 0 aliphatic rings. The second-order valence-corrected chi connectivity index (χ2v) is 3.66. The maximum Gasteiger partial charge on any atom is 0.343 e. The molecule has 1 aromatic rings. The Labute approximate surface area is 95.7 Å². The van der Waals surface area contributed by atoms with Gasteiger partial charge in [0.1, 0.15) is 0 Å². The Morgan fingerprint density at radius 3 is 2.38 bits per heavy atom. The lowest BCUT2D eigenvalue weighted by Gasteiger charge is -2.08. The largest absolute Gasteiger partial charge is 0.476 e. The molecule has 0 radical (unpaired) electrons. The lowest BCUT2D eigenvalue weighted by Crippen LogP contribution is -2.14. The fraction of sp³-hybridized carbons (Fsp3) is 0.300. The van der Waals surface area contributed by atoms with Crippen LogP contribution in [-0.2, 0) is 9.53 Å². The van der Waals surface area contributed by atoms with Gasteiger partial charge in [0.15, 0.2) is 24.0 Å². The average Bonchev–Trinajstić information content (AvgIpc) is 2.27. The van der Waals surface area contributed by atoms with Gasteiger partial charge in [-0.2, -0.15) is 0 Å². The van der Waals surface area contributed by atoms with Crippen molar-refractivity contribution in [3.8, 4) is 5.75 Å². The van der Waals surface area contributed by atoms with Gasteiger partial charge in [-0.05, 0) is 18.4 Å². The Kier molecular flexibility index (Phi) is 4.54. The van der Waals surface area contributed by atoms with E-state index in [1.165, 1.54) is 11.8 Å². The van der Waals surface area contributed by atoms with Crippen molar-refractivity contribution < 1.29 is 23.0 Å². The van der Waals surface area contributed by atoms with E-state index >= 15 is 0 Å². The third kappa shape index (κ3) is 3.10. The molecule has 16 heavy (non-hydrogen) atoms. The van der Waals surface area contributed by atoms with Gasteiger partial charge >= 0.3 is 5.97 Å². The summed E-state index contributed by atoms with van der Waals surface area (Å²) in [6.45, 7) is -0.525. The van der Waals surface area contributed by atoms with E-state index in [0.29, 0.717) is 4.90 Å². The van der Waals surface area contributed by atoms with Gasteiger partial charge in [0.05, 0.1) is 7.11 Å². The van der Waals surface area contributed by atoms with Crippen molar-refractivity contribution in [2.75, 3.05) is 20.0 Å². The van der Waals surface area contributed by atoms with Crippen LogP contribution in [0, 0.1) is 11.6 Å². The van der Waals surface area contributed by atoms with Crippen LogP contribution in [0.4, 0.5) is 8.78 Å². The van der Waals surface area contributed by atoms with Gasteiger partial charge in [-0.1, -0.05) is 0 Å². The molecular formula is C10H10F2O3S. The molecule has 1 aromatic carbocycles. The van der Waals surface area contributed by atoms with Crippen LogP contribution in [0.25, 0.3) is 0 Å². The van der Waals surface area contributed by atoms with Crippen LogP contribution in [0.2, 0.25) is 0 Å². The monoisotopic (exact) mass is 248 g/mol. The molecule has 88 valence electrons. The van der Waals surface area contributed by atoms with Gasteiger partial charge < -0.3 is 9.47 Å². The molecule has 0 spiro atoms. The predicted molar refractivity (Wildman–Crippen MR) is 55.7 cm³/mol. The predicted octanol–water partition coefficient (Wildman–Crippen LogP) is 2.24. The molecule has 0 N–H and O–H groups in total. The Morgan fingerprint density at radius 2 is 1.94 bits per heavy atom. The summed E-state index contributed by atoms with van der Waals surface area (Å²) >= 11 is 1.21. The van der Waals surface area contributed by atoms with Gasteiger partial charge in [0.2, 0.25) is 0 Å². The van der Waals surface area contributed by atoms with E-state index in [9.17, 15) is 13.6 Å². The molecule has 0 saturated heterocycles. The minimum absolute atomic E-state index is 0.445. The van der Waals surface area contributed by atoms with Crippen molar-refractivity contribution in [2.45, 2.75) is 4.90 Å². The molecule has 1 rings (SSSR count). The van der Waals surface area contributed by atoms with E-state index in [4.69, 9.17) is 0 Å². The van der Waals surface area contributed by atoms with Gasteiger partial charge in [-0.3, -0.25) is 0 Å². The summed E-state index contributed by atoms with van der Waals surface area (Å²) in [5.74, 6) is -2.95. The number of carbonyl (C=O) groups excluding carboxylic acids is 1. The summed E-state index contributed by atoms with van der Waals surface area (Å²) in [5, 5.41) is 0. The smallest absolute Gasteiger partial charge is 0.343 e. The summed E-state index contributed by atoms with van der Waals surface area (Å²) in [6.07, 6.45) is 1.70. The van der Waals surface area contributed by atoms with E-state index in [0.717, 1.165) is 19.2 Å². The molecule has 0 aliphatic heterocycles. The van der Waals surface area contributed by atoms with Crippen molar-refractivity contribution in [3.63, 3.8) is 0 Å². The third-order valence-electron chi connectivity index (χ3n) is 1.77. The van der Waals surface area contributed by atoms with Crippen LogP contribution in [-0.4, -0.2) is 25.9 Å². The van der Waals surface area contributed by atoms with E-state index in [-0.39, 0.29) is 0 Å². The van der Waals surface area contributed by atoms with Crippen LogP contribution in [0.15, 0.2) is 17.0 Å². The molecule has 0 aromatic heterocycles. The third-order valence-corrected chi connectivity index (χ3v) is 2.48. The van der Waals surface area contributed by atoms with Crippen molar-refractivity contribution in [1.82, 2.24) is 0 Å². The van der Waals surface area contributed by atoms with E-state index in [1.807, 2.05) is 0 Å². The highest BCUT2D eigenvalue weighted by atomic mass is 32.2. The lowest BCUT2D eigenvalue weighted by molar-refractivity contribution is -0.143. The highest BCUT2D eigenvalue weighted by Gasteiger charge is 2.14. The second-order valence-electron chi connectivity index (χ2n) is 2.78. The van der Waals surface area contributed by atoms with Crippen LogP contribution < -0.4 is 4.74 Å². The average molecular weight is 248 g/mol. The number of hydrogen-bond acceptors (Lipinski definition) is 4. The number of thioether (sulfide) groups is 1. The summed E-state index contributed by atoms with van der Waals surface area (Å²) in [7, 11) is 1.16. The van der Waals surface area contributed by atoms with Gasteiger partial charge in [-0.25, -0.2) is 13.6 Å². The number of rotatable bonds is 4. The molecule has 0 fully saturated rings. The molecular weight excluding hydrogens is 238 g/mol. The maximum absolute atomic E-state index is 13.3. The number of halogens is 2. The zero-order valence-electron chi connectivity index (χ0n) is 8.75. The van der Waals surface area contributed by atoms with E-state index < -0.39 is 30.0 Å². The summed E-state index contributed by atoms with van der Waals surface area (Å²) in [5.41, 5.74) is 0. The normalized spacial score (nSPS) is 10.0. The molecule has 3 nitrogen and oxygen atoms in total. The number of carbonyl (C=O) groups is 1. The topological polar surface area (TPSA) is 35.5 Å². The van der Waals surface area contributed by atoms with Crippen LogP contribution in [0.3, 0.4) is 0 Å². The minimum Gasteiger partial charge on any atom is -0.476 e. The number of esters is 1.